The summed E-state index contributed by atoms with van der Waals surface area (Å²) < 4.78 is 28.3. The SMILES string of the molecule is CN(Cc1cccc(N)c1)C(=O)CCOCC(F)F. The molecule has 0 aliphatic carbocycles. The van der Waals surface area contributed by atoms with Gasteiger partial charge in [-0.3, -0.25) is 4.79 Å². The van der Waals surface area contributed by atoms with E-state index < -0.39 is 13.0 Å². The van der Waals surface area contributed by atoms with Crippen LogP contribution in [0.15, 0.2) is 24.3 Å². The molecular weight excluding hydrogens is 254 g/mol. The molecule has 106 valence electrons. The highest BCUT2D eigenvalue weighted by molar-refractivity contribution is 5.76. The first-order valence-corrected chi connectivity index (χ1v) is 5.93. The van der Waals surface area contributed by atoms with Gasteiger partial charge in [-0.25, -0.2) is 8.78 Å². The standard InChI is InChI=1S/C13H18F2N2O2/c1-17(8-10-3-2-4-11(16)7-10)13(18)5-6-19-9-12(14)15/h2-4,7,12H,5-6,8-9,16H2,1H3. The molecule has 0 heterocycles. The Kier molecular flexibility index (Phi) is 6.21. The predicted octanol–water partition coefficient (Wildman–Crippen LogP) is 1.90. The molecular formula is C13H18F2N2O2. The van der Waals surface area contributed by atoms with Gasteiger partial charge in [0, 0.05) is 19.3 Å². The number of nitrogens with two attached hydrogens (primary N) is 1. The van der Waals surface area contributed by atoms with Gasteiger partial charge in [0.15, 0.2) is 0 Å². The summed E-state index contributed by atoms with van der Waals surface area (Å²) in [7, 11) is 1.65. The number of rotatable bonds is 7. The molecule has 1 rings (SSSR count). The number of hydrogen-bond acceptors (Lipinski definition) is 3. The Hall–Kier alpha value is -1.69. The molecule has 1 amide bonds. The highest BCUT2D eigenvalue weighted by atomic mass is 19.3. The van der Waals surface area contributed by atoms with E-state index >= 15 is 0 Å². The van der Waals surface area contributed by atoms with Crippen LogP contribution in [0.2, 0.25) is 0 Å². The van der Waals surface area contributed by atoms with Gasteiger partial charge in [0.1, 0.15) is 6.61 Å². The van der Waals surface area contributed by atoms with Crippen LogP contribution in [-0.4, -0.2) is 37.5 Å². The van der Waals surface area contributed by atoms with Crippen molar-refractivity contribution in [1.82, 2.24) is 4.90 Å². The third-order valence-corrected chi connectivity index (χ3v) is 2.50. The predicted molar refractivity (Wildman–Crippen MR) is 68.8 cm³/mol. The van der Waals surface area contributed by atoms with E-state index in [-0.39, 0.29) is 18.9 Å². The number of amides is 1. The number of ether oxygens (including phenoxy) is 1. The van der Waals surface area contributed by atoms with Crippen LogP contribution in [0.5, 0.6) is 0 Å². The molecule has 0 spiro atoms. The van der Waals surface area contributed by atoms with Crippen molar-refractivity contribution in [3.63, 3.8) is 0 Å². The molecule has 6 heteroatoms. The average molecular weight is 272 g/mol. The summed E-state index contributed by atoms with van der Waals surface area (Å²) in [5, 5.41) is 0. The molecule has 4 nitrogen and oxygen atoms in total. The molecule has 0 unspecified atom stereocenters. The van der Waals surface area contributed by atoms with E-state index in [1.807, 2.05) is 12.1 Å². The third-order valence-electron chi connectivity index (χ3n) is 2.50. The second kappa shape index (κ2) is 7.68. The van der Waals surface area contributed by atoms with Gasteiger partial charge in [0.25, 0.3) is 6.43 Å². The summed E-state index contributed by atoms with van der Waals surface area (Å²) in [6, 6.07) is 7.24. The molecule has 0 radical (unpaired) electrons. The minimum atomic E-state index is -2.50. The van der Waals surface area contributed by atoms with Gasteiger partial charge in [-0.1, -0.05) is 12.1 Å². The Bertz CT molecular complexity index is 413. The number of anilines is 1. The first kappa shape index (κ1) is 15.4. The normalized spacial score (nSPS) is 10.7. The molecule has 0 saturated carbocycles. The number of nitrogens with zero attached hydrogens (tertiary/aromatic N) is 1. The summed E-state index contributed by atoms with van der Waals surface area (Å²) in [4.78, 5) is 13.2. The summed E-state index contributed by atoms with van der Waals surface area (Å²) >= 11 is 0. The Morgan fingerprint density at radius 2 is 2.21 bits per heavy atom. The molecule has 2 N–H and O–H groups in total. The van der Waals surface area contributed by atoms with Crippen molar-refractivity contribution >= 4 is 11.6 Å². The number of carbonyl (C=O) groups is 1. The maximum absolute atomic E-state index is 11.8. The number of alkyl halides is 2. The molecule has 0 aromatic heterocycles. The first-order valence-electron chi connectivity index (χ1n) is 5.93. The molecule has 0 saturated heterocycles. The fraction of sp³-hybridized carbons (Fsp3) is 0.462. The molecule has 0 bridgehead atoms. The Labute approximate surface area is 111 Å². The van der Waals surface area contributed by atoms with Gasteiger partial charge in [-0.15, -0.1) is 0 Å². The van der Waals surface area contributed by atoms with Gasteiger partial charge >= 0.3 is 0 Å². The van der Waals surface area contributed by atoms with E-state index in [1.165, 1.54) is 4.90 Å². The average Bonchev–Trinajstić information content (AvgIpc) is 2.34. The molecule has 0 aliphatic heterocycles. The number of hydrogen-bond donors (Lipinski definition) is 1. The largest absolute Gasteiger partial charge is 0.399 e. The lowest BCUT2D eigenvalue weighted by Crippen LogP contribution is -2.27. The number of carbonyl (C=O) groups excluding carboxylic acids is 1. The zero-order valence-corrected chi connectivity index (χ0v) is 10.8. The number of halogens is 2. The van der Waals surface area contributed by atoms with Crippen LogP contribution < -0.4 is 5.73 Å². The van der Waals surface area contributed by atoms with E-state index in [9.17, 15) is 13.6 Å². The van der Waals surface area contributed by atoms with Crippen LogP contribution in [0.25, 0.3) is 0 Å². The van der Waals surface area contributed by atoms with Crippen LogP contribution in [0.3, 0.4) is 0 Å². The van der Waals surface area contributed by atoms with Crippen molar-refractivity contribution < 1.29 is 18.3 Å². The van der Waals surface area contributed by atoms with Gasteiger partial charge < -0.3 is 15.4 Å². The lowest BCUT2D eigenvalue weighted by atomic mass is 10.2. The Morgan fingerprint density at radius 3 is 2.84 bits per heavy atom. The molecule has 1 aromatic carbocycles. The second-order valence-corrected chi connectivity index (χ2v) is 4.21. The number of nitrogen functional groups attached to an aromatic ring is 1. The van der Waals surface area contributed by atoms with Crippen molar-refractivity contribution in [3.05, 3.63) is 29.8 Å². The molecule has 0 aliphatic rings. The molecule has 0 fully saturated rings. The summed E-state index contributed by atoms with van der Waals surface area (Å²) in [6.07, 6.45) is -2.41. The molecule has 1 aromatic rings. The monoisotopic (exact) mass is 272 g/mol. The van der Waals surface area contributed by atoms with Gasteiger partial charge in [-0.2, -0.15) is 0 Å². The highest BCUT2D eigenvalue weighted by Gasteiger charge is 2.10. The lowest BCUT2D eigenvalue weighted by Gasteiger charge is -2.17. The fourth-order valence-electron chi connectivity index (χ4n) is 1.58. The van der Waals surface area contributed by atoms with Gasteiger partial charge in [0.05, 0.1) is 13.0 Å². The van der Waals surface area contributed by atoms with E-state index in [0.29, 0.717) is 12.2 Å². The number of benzene rings is 1. The van der Waals surface area contributed by atoms with Crippen LogP contribution >= 0.6 is 0 Å². The quantitative estimate of drug-likeness (QED) is 0.609. The van der Waals surface area contributed by atoms with E-state index in [4.69, 9.17) is 5.73 Å². The van der Waals surface area contributed by atoms with E-state index in [0.717, 1.165) is 5.56 Å². The van der Waals surface area contributed by atoms with Gasteiger partial charge in [-0.05, 0) is 17.7 Å². The van der Waals surface area contributed by atoms with E-state index in [1.54, 1.807) is 19.2 Å². The van der Waals surface area contributed by atoms with Crippen molar-refractivity contribution in [2.45, 2.75) is 19.4 Å². The van der Waals surface area contributed by atoms with Crippen molar-refractivity contribution in [1.29, 1.82) is 0 Å². The highest BCUT2D eigenvalue weighted by Crippen LogP contribution is 2.09. The third kappa shape index (κ3) is 6.15. The van der Waals surface area contributed by atoms with Crippen LogP contribution in [-0.2, 0) is 16.1 Å². The minimum Gasteiger partial charge on any atom is -0.399 e. The maximum atomic E-state index is 11.8. The first-order chi connectivity index (χ1) is 8.99. The lowest BCUT2D eigenvalue weighted by molar-refractivity contribution is -0.132. The van der Waals surface area contributed by atoms with Crippen LogP contribution in [0, 0.1) is 0 Å². The zero-order valence-electron chi connectivity index (χ0n) is 10.8. The van der Waals surface area contributed by atoms with E-state index in [2.05, 4.69) is 4.74 Å². The fourth-order valence-corrected chi connectivity index (χ4v) is 1.58. The second-order valence-electron chi connectivity index (χ2n) is 4.21. The zero-order chi connectivity index (χ0) is 14.3. The summed E-state index contributed by atoms with van der Waals surface area (Å²) in [6.45, 7) is -0.199. The smallest absolute Gasteiger partial charge is 0.261 e. The maximum Gasteiger partial charge on any atom is 0.261 e. The Morgan fingerprint density at radius 1 is 1.47 bits per heavy atom. The van der Waals surface area contributed by atoms with Gasteiger partial charge in [0.2, 0.25) is 5.91 Å². The molecule has 19 heavy (non-hydrogen) atoms. The van der Waals surface area contributed by atoms with Crippen LogP contribution in [0.4, 0.5) is 14.5 Å². The van der Waals surface area contributed by atoms with Crippen LogP contribution in [0.1, 0.15) is 12.0 Å². The van der Waals surface area contributed by atoms with Crippen molar-refractivity contribution in [2.75, 3.05) is 26.0 Å². The van der Waals surface area contributed by atoms with Crippen molar-refractivity contribution in [2.24, 2.45) is 0 Å². The summed E-state index contributed by atoms with van der Waals surface area (Å²) in [5.41, 5.74) is 7.20. The Balaban J connectivity index is 2.32. The topological polar surface area (TPSA) is 55.6 Å². The summed E-state index contributed by atoms with van der Waals surface area (Å²) in [5.74, 6) is -0.156. The van der Waals surface area contributed by atoms with Crippen molar-refractivity contribution in [3.8, 4) is 0 Å². The molecule has 0 atom stereocenters. The minimum absolute atomic E-state index is 0.00441.